The molecule has 32 heavy (non-hydrogen) atoms. The Morgan fingerprint density at radius 3 is 2.31 bits per heavy atom. The highest BCUT2D eigenvalue weighted by atomic mass is 35.5. The highest BCUT2D eigenvalue weighted by molar-refractivity contribution is 5.85. The largest absolute Gasteiger partial charge is 0.497 e. The number of methoxy groups -OCH3 is 3. The maximum Gasteiger partial charge on any atom is 0.203 e. The maximum atomic E-state index is 10.6. The Morgan fingerprint density at radius 2 is 1.72 bits per heavy atom. The van der Waals surface area contributed by atoms with E-state index in [4.69, 9.17) is 18.9 Å². The molecule has 0 aliphatic carbocycles. The van der Waals surface area contributed by atoms with Crippen molar-refractivity contribution in [2.24, 2.45) is 7.05 Å². The SMILES string of the molecule is COc1cccc(C(NCC(O)COc2c(OC)cccc2OC)c2nccn2C)c1.Cl. The molecule has 1 heterocycles. The van der Waals surface area contributed by atoms with E-state index < -0.39 is 6.10 Å². The predicted octanol–water partition coefficient (Wildman–Crippen LogP) is 2.99. The molecule has 9 heteroatoms. The number of para-hydroxylation sites is 1. The minimum Gasteiger partial charge on any atom is -0.497 e. The number of imidazole rings is 1. The molecule has 3 aromatic rings. The Morgan fingerprint density at radius 1 is 1.03 bits per heavy atom. The van der Waals surface area contributed by atoms with Crippen LogP contribution in [0.3, 0.4) is 0 Å². The molecule has 2 unspecified atom stereocenters. The average molecular weight is 464 g/mol. The van der Waals surface area contributed by atoms with Crippen molar-refractivity contribution in [3.05, 3.63) is 66.2 Å². The van der Waals surface area contributed by atoms with E-state index in [9.17, 15) is 5.11 Å². The molecule has 0 amide bonds. The summed E-state index contributed by atoms with van der Waals surface area (Å²) in [6, 6.07) is 12.9. The fraction of sp³-hybridized carbons (Fsp3) is 0.348. The highest BCUT2D eigenvalue weighted by Crippen LogP contribution is 2.36. The molecule has 0 saturated carbocycles. The van der Waals surface area contributed by atoms with Gasteiger partial charge in [-0.2, -0.15) is 0 Å². The molecule has 174 valence electrons. The fourth-order valence-electron chi connectivity index (χ4n) is 3.29. The Hall–Kier alpha value is -2.94. The third kappa shape index (κ3) is 6.06. The molecule has 2 N–H and O–H groups in total. The molecule has 0 aliphatic heterocycles. The average Bonchev–Trinajstić information content (AvgIpc) is 3.23. The molecular weight excluding hydrogens is 434 g/mol. The first kappa shape index (κ1) is 25.3. The molecule has 0 saturated heterocycles. The lowest BCUT2D eigenvalue weighted by molar-refractivity contribution is 0.101. The zero-order valence-corrected chi connectivity index (χ0v) is 19.5. The van der Waals surface area contributed by atoms with Crippen LogP contribution in [-0.2, 0) is 7.05 Å². The lowest BCUT2D eigenvalue weighted by Gasteiger charge is -2.22. The summed E-state index contributed by atoms with van der Waals surface area (Å²) in [6.07, 6.45) is 2.86. The number of nitrogens with zero attached hydrogens (tertiary/aromatic N) is 2. The smallest absolute Gasteiger partial charge is 0.203 e. The molecule has 2 aromatic carbocycles. The fourth-order valence-corrected chi connectivity index (χ4v) is 3.29. The molecule has 0 fully saturated rings. The van der Waals surface area contributed by atoms with E-state index >= 15 is 0 Å². The summed E-state index contributed by atoms with van der Waals surface area (Å²) in [5, 5.41) is 14.0. The lowest BCUT2D eigenvalue weighted by atomic mass is 10.1. The zero-order chi connectivity index (χ0) is 22.2. The van der Waals surface area contributed by atoms with Gasteiger partial charge >= 0.3 is 0 Å². The van der Waals surface area contributed by atoms with E-state index in [1.165, 1.54) is 0 Å². The third-order valence-electron chi connectivity index (χ3n) is 4.90. The maximum absolute atomic E-state index is 10.6. The Bertz CT molecular complexity index is 960. The van der Waals surface area contributed by atoms with E-state index in [1.54, 1.807) is 39.7 Å². The zero-order valence-electron chi connectivity index (χ0n) is 18.6. The second-order valence-corrected chi connectivity index (χ2v) is 6.97. The van der Waals surface area contributed by atoms with E-state index in [0.29, 0.717) is 17.2 Å². The first-order chi connectivity index (χ1) is 15.1. The van der Waals surface area contributed by atoms with Gasteiger partial charge in [0.25, 0.3) is 0 Å². The van der Waals surface area contributed by atoms with Crippen LogP contribution in [0.4, 0.5) is 0 Å². The second kappa shape index (κ2) is 12.2. The number of halogens is 1. The van der Waals surface area contributed by atoms with Gasteiger partial charge in [-0.1, -0.05) is 18.2 Å². The van der Waals surface area contributed by atoms with Crippen molar-refractivity contribution in [1.29, 1.82) is 0 Å². The number of hydrogen-bond acceptors (Lipinski definition) is 7. The summed E-state index contributed by atoms with van der Waals surface area (Å²) in [7, 11) is 6.69. The normalized spacial score (nSPS) is 12.4. The summed E-state index contributed by atoms with van der Waals surface area (Å²) in [5.41, 5.74) is 0.980. The van der Waals surface area contributed by atoms with Crippen molar-refractivity contribution in [2.75, 3.05) is 34.5 Å². The van der Waals surface area contributed by atoms with Crippen LogP contribution in [0.2, 0.25) is 0 Å². The van der Waals surface area contributed by atoms with Gasteiger partial charge in [0.05, 0.1) is 27.4 Å². The van der Waals surface area contributed by atoms with Gasteiger partial charge in [0.2, 0.25) is 5.75 Å². The number of aryl methyl sites for hydroxylation is 1. The number of rotatable bonds is 11. The Balaban J connectivity index is 0.00000363. The number of ether oxygens (including phenoxy) is 4. The molecule has 0 aliphatic rings. The van der Waals surface area contributed by atoms with Crippen LogP contribution in [0.15, 0.2) is 54.9 Å². The van der Waals surface area contributed by atoms with Gasteiger partial charge in [-0.15, -0.1) is 12.4 Å². The number of aromatic nitrogens is 2. The monoisotopic (exact) mass is 463 g/mol. The number of hydrogen-bond donors (Lipinski definition) is 2. The minimum atomic E-state index is -0.775. The lowest BCUT2D eigenvalue weighted by Crippen LogP contribution is -2.35. The van der Waals surface area contributed by atoms with Gasteiger partial charge in [-0.05, 0) is 29.8 Å². The van der Waals surface area contributed by atoms with E-state index in [0.717, 1.165) is 17.1 Å². The van der Waals surface area contributed by atoms with Crippen LogP contribution in [0.25, 0.3) is 0 Å². The molecule has 2 atom stereocenters. The quantitative estimate of drug-likeness (QED) is 0.452. The van der Waals surface area contributed by atoms with Crippen molar-refractivity contribution >= 4 is 12.4 Å². The van der Waals surface area contributed by atoms with Crippen LogP contribution in [-0.4, -0.2) is 55.2 Å². The number of aliphatic hydroxyl groups is 1. The predicted molar refractivity (Wildman–Crippen MR) is 124 cm³/mol. The van der Waals surface area contributed by atoms with Crippen LogP contribution in [0, 0.1) is 0 Å². The van der Waals surface area contributed by atoms with Crippen LogP contribution in [0.1, 0.15) is 17.4 Å². The molecule has 8 nitrogen and oxygen atoms in total. The molecular formula is C23H30ClN3O5. The minimum absolute atomic E-state index is 0. The summed E-state index contributed by atoms with van der Waals surface area (Å²) in [5.74, 6) is 3.13. The van der Waals surface area contributed by atoms with Crippen LogP contribution < -0.4 is 24.3 Å². The van der Waals surface area contributed by atoms with Crippen molar-refractivity contribution in [3.63, 3.8) is 0 Å². The first-order valence-electron chi connectivity index (χ1n) is 9.93. The van der Waals surface area contributed by atoms with Gasteiger partial charge in [0.15, 0.2) is 11.5 Å². The standard InChI is InChI=1S/C23H29N3O5.ClH/c1-26-12-11-24-23(26)21(16-7-5-8-18(13-16)28-2)25-14-17(27)15-31-22-19(29-3)9-6-10-20(22)30-4;/h5-13,17,21,25,27H,14-15H2,1-4H3;1H. The van der Waals surface area contributed by atoms with Gasteiger partial charge in [-0.25, -0.2) is 4.98 Å². The Kier molecular flexibility index (Phi) is 9.64. The van der Waals surface area contributed by atoms with Gasteiger partial charge in [0.1, 0.15) is 24.3 Å². The third-order valence-corrected chi connectivity index (χ3v) is 4.90. The van der Waals surface area contributed by atoms with Crippen molar-refractivity contribution in [2.45, 2.75) is 12.1 Å². The van der Waals surface area contributed by atoms with E-state index in [1.807, 2.05) is 48.1 Å². The molecule has 3 rings (SSSR count). The molecule has 0 bridgehead atoms. The van der Waals surface area contributed by atoms with Crippen LogP contribution in [0.5, 0.6) is 23.0 Å². The molecule has 0 spiro atoms. The molecule has 1 aromatic heterocycles. The summed E-state index contributed by atoms with van der Waals surface area (Å²) >= 11 is 0. The Labute approximate surface area is 194 Å². The second-order valence-electron chi connectivity index (χ2n) is 6.97. The van der Waals surface area contributed by atoms with Crippen molar-refractivity contribution < 1.29 is 24.1 Å². The van der Waals surface area contributed by atoms with E-state index in [-0.39, 0.29) is 31.6 Å². The van der Waals surface area contributed by atoms with Crippen molar-refractivity contribution in [3.8, 4) is 23.0 Å². The van der Waals surface area contributed by atoms with Crippen molar-refractivity contribution in [1.82, 2.24) is 14.9 Å². The van der Waals surface area contributed by atoms with Gasteiger partial charge < -0.3 is 33.9 Å². The van der Waals surface area contributed by atoms with E-state index in [2.05, 4.69) is 10.3 Å². The summed E-state index contributed by atoms with van der Waals surface area (Å²) in [6.45, 7) is 0.349. The van der Waals surface area contributed by atoms with Crippen LogP contribution >= 0.6 is 12.4 Å². The topological polar surface area (TPSA) is 87.0 Å². The van der Waals surface area contributed by atoms with Gasteiger partial charge in [0, 0.05) is 26.0 Å². The summed E-state index contributed by atoms with van der Waals surface area (Å²) < 4.78 is 23.8. The number of nitrogens with one attached hydrogen (secondary N) is 1. The highest BCUT2D eigenvalue weighted by Gasteiger charge is 2.21. The number of aliphatic hydroxyl groups excluding tert-OH is 1. The van der Waals surface area contributed by atoms with Gasteiger partial charge in [-0.3, -0.25) is 0 Å². The summed E-state index contributed by atoms with van der Waals surface area (Å²) in [4.78, 5) is 4.48. The number of benzene rings is 2. The first-order valence-corrected chi connectivity index (χ1v) is 9.93. The molecule has 0 radical (unpaired) electrons.